The van der Waals surface area contributed by atoms with Gasteiger partial charge < -0.3 is 0 Å². The molecule has 3 aliphatic carbocycles. The zero-order chi connectivity index (χ0) is 15.0. The summed E-state index contributed by atoms with van der Waals surface area (Å²) < 4.78 is 0. The van der Waals surface area contributed by atoms with Crippen LogP contribution in [0.25, 0.3) is 0 Å². The first-order chi connectivity index (χ1) is 10.8. The first-order valence-corrected chi connectivity index (χ1v) is 7.84. The summed E-state index contributed by atoms with van der Waals surface area (Å²) in [5.74, 6) is 0.390. The summed E-state index contributed by atoms with van der Waals surface area (Å²) in [6.45, 7) is 0. The normalized spacial score (nSPS) is 25.2. The van der Waals surface area contributed by atoms with Gasteiger partial charge in [0.05, 0.1) is 5.41 Å². The highest BCUT2D eigenvalue weighted by atomic mass is 16.1. The highest BCUT2D eigenvalue weighted by Crippen LogP contribution is 2.48. The largest absolute Gasteiger partial charge is 0.298 e. The first-order valence-electron chi connectivity index (χ1n) is 7.84. The highest BCUT2D eigenvalue weighted by molar-refractivity contribution is 5.99. The summed E-state index contributed by atoms with van der Waals surface area (Å²) in [7, 11) is 0. The number of fused-ring (bicyclic) bond motifs is 2. The molecule has 0 fully saturated rings. The second-order valence-corrected chi connectivity index (χ2v) is 6.09. The van der Waals surface area contributed by atoms with Crippen LogP contribution >= 0.6 is 0 Å². The van der Waals surface area contributed by atoms with E-state index in [9.17, 15) is 4.79 Å². The number of rotatable bonds is 2. The Kier molecular flexibility index (Phi) is 3.07. The standard InChI is InChI=1S/C21H18O/c22-20-16-8-7-13-19(15-14-16)21(20,17-9-3-1-4-10-17)18-11-5-2-6-12-18/h1-7,9-16,19H,8H2/t16-,19+/m1/s1. The molecular weight excluding hydrogens is 268 g/mol. The minimum absolute atomic E-state index is 0.0181. The van der Waals surface area contributed by atoms with Crippen LogP contribution < -0.4 is 0 Å². The van der Waals surface area contributed by atoms with Crippen molar-refractivity contribution in [2.45, 2.75) is 11.8 Å². The third-order valence-electron chi connectivity index (χ3n) is 4.97. The Labute approximate surface area is 131 Å². The number of ketones is 1. The van der Waals surface area contributed by atoms with E-state index in [4.69, 9.17) is 0 Å². The summed E-state index contributed by atoms with van der Waals surface area (Å²) in [6, 6.07) is 20.5. The Bertz CT molecular complexity index is 700. The van der Waals surface area contributed by atoms with E-state index < -0.39 is 5.41 Å². The third kappa shape index (κ3) is 1.75. The van der Waals surface area contributed by atoms with E-state index in [2.05, 4.69) is 48.6 Å². The van der Waals surface area contributed by atoms with Gasteiger partial charge in [-0.25, -0.2) is 0 Å². The van der Waals surface area contributed by atoms with E-state index in [0.29, 0.717) is 5.78 Å². The van der Waals surface area contributed by atoms with Gasteiger partial charge in [-0.1, -0.05) is 85.0 Å². The monoisotopic (exact) mass is 286 g/mol. The van der Waals surface area contributed by atoms with Gasteiger partial charge in [0.25, 0.3) is 0 Å². The van der Waals surface area contributed by atoms with Crippen molar-refractivity contribution in [3.05, 3.63) is 96.1 Å². The fourth-order valence-electron chi connectivity index (χ4n) is 3.95. The first kappa shape index (κ1) is 13.3. The van der Waals surface area contributed by atoms with Crippen molar-refractivity contribution in [1.29, 1.82) is 0 Å². The molecule has 0 saturated carbocycles. The van der Waals surface area contributed by atoms with Gasteiger partial charge in [-0.05, 0) is 17.5 Å². The highest BCUT2D eigenvalue weighted by Gasteiger charge is 2.51. The number of allylic oxidation sites excluding steroid dienone is 4. The molecule has 2 bridgehead atoms. The SMILES string of the molecule is O=C1[C@H]2C=C[C@H](C=CC2)C1(c1ccccc1)c1ccccc1. The van der Waals surface area contributed by atoms with Crippen LogP contribution in [0.2, 0.25) is 0 Å². The van der Waals surface area contributed by atoms with Crippen molar-refractivity contribution in [1.82, 2.24) is 0 Å². The van der Waals surface area contributed by atoms with Crippen LogP contribution in [-0.2, 0) is 10.2 Å². The Morgan fingerprint density at radius 3 is 1.95 bits per heavy atom. The van der Waals surface area contributed by atoms with Crippen LogP contribution in [0.4, 0.5) is 0 Å². The number of carbonyl (C=O) groups excluding carboxylic acids is 1. The molecule has 108 valence electrons. The van der Waals surface area contributed by atoms with E-state index in [0.717, 1.165) is 17.5 Å². The molecule has 0 saturated heterocycles. The van der Waals surface area contributed by atoms with Gasteiger partial charge in [0.15, 0.2) is 5.78 Å². The van der Waals surface area contributed by atoms with Crippen molar-refractivity contribution in [2.24, 2.45) is 11.8 Å². The number of hydrogen-bond acceptors (Lipinski definition) is 1. The van der Waals surface area contributed by atoms with Crippen LogP contribution in [0.3, 0.4) is 0 Å². The third-order valence-corrected chi connectivity index (χ3v) is 4.97. The molecular formula is C21H18O. The lowest BCUT2D eigenvalue weighted by Gasteiger charge is -2.41. The predicted octanol–water partition coefficient (Wildman–Crippen LogP) is 4.30. The van der Waals surface area contributed by atoms with Crippen LogP contribution in [0, 0.1) is 11.8 Å². The summed E-state index contributed by atoms with van der Waals surface area (Å²) in [5.41, 5.74) is 1.60. The fraction of sp³-hybridized carbons (Fsp3) is 0.190. The van der Waals surface area contributed by atoms with Crippen LogP contribution in [-0.4, -0.2) is 5.78 Å². The van der Waals surface area contributed by atoms with Gasteiger partial charge in [0, 0.05) is 11.8 Å². The zero-order valence-corrected chi connectivity index (χ0v) is 12.4. The van der Waals surface area contributed by atoms with Crippen molar-refractivity contribution >= 4 is 5.78 Å². The maximum Gasteiger partial charge on any atom is 0.155 e. The van der Waals surface area contributed by atoms with Gasteiger partial charge >= 0.3 is 0 Å². The molecule has 0 heterocycles. The number of carbonyl (C=O) groups is 1. The van der Waals surface area contributed by atoms with E-state index >= 15 is 0 Å². The topological polar surface area (TPSA) is 17.1 Å². The van der Waals surface area contributed by atoms with Crippen LogP contribution in [0.1, 0.15) is 17.5 Å². The van der Waals surface area contributed by atoms with Gasteiger partial charge in [0.2, 0.25) is 0 Å². The second kappa shape index (κ2) is 5.10. The minimum Gasteiger partial charge on any atom is -0.298 e. The zero-order valence-electron chi connectivity index (χ0n) is 12.4. The molecule has 1 heteroatoms. The van der Waals surface area contributed by atoms with Gasteiger partial charge in [-0.3, -0.25) is 4.79 Å². The smallest absolute Gasteiger partial charge is 0.155 e. The quantitative estimate of drug-likeness (QED) is 0.752. The number of hydrogen-bond donors (Lipinski definition) is 0. The molecule has 3 aliphatic rings. The molecule has 0 unspecified atom stereocenters. The molecule has 0 radical (unpaired) electrons. The number of benzene rings is 2. The van der Waals surface area contributed by atoms with Crippen LogP contribution in [0.5, 0.6) is 0 Å². The molecule has 0 amide bonds. The predicted molar refractivity (Wildman–Crippen MR) is 88.5 cm³/mol. The van der Waals surface area contributed by atoms with Crippen molar-refractivity contribution in [3.8, 4) is 0 Å². The van der Waals surface area contributed by atoms with Crippen molar-refractivity contribution in [3.63, 3.8) is 0 Å². The fourth-order valence-corrected chi connectivity index (χ4v) is 3.95. The minimum atomic E-state index is -0.588. The molecule has 5 rings (SSSR count). The molecule has 0 spiro atoms. The molecule has 2 aromatic carbocycles. The van der Waals surface area contributed by atoms with E-state index in [1.165, 1.54) is 0 Å². The lowest BCUT2D eigenvalue weighted by molar-refractivity contribution is -0.126. The lowest BCUT2D eigenvalue weighted by Crippen LogP contribution is -2.47. The van der Waals surface area contributed by atoms with Crippen molar-refractivity contribution in [2.75, 3.05) is 0 Å². The maximum absolute atomic E-state index is 13.4. The van der Waals surface area contributed by atoms with E-state index in [1.807, 2.05) is 36.4 Å². The molecule has 0 N–H and O–H groups in total. The Morgan fingerprint density at radius 2 is 1.36 bits per heavy atom. The Hall–Kier alpha value is -2.41. The molecule has 0 aliphatic heterocycles. The average molecular weight is 286 g/mol. The molecule has 22 heavy (non-hydrogen) atoms. The van der Waals surface area contributed by atoms with Gasteiger partial charge in [-0.2, -0.15) is 0 Å². The van der Waals surface area contributed by atoms with Crippen LogP contribution in [0.15, 0.2) is 85.0 Å². The van der Waals surface area contributed by atoms with Gasteiger partial charge in [-0.15, -0.1) is 0 Å². The molecule has 2 atom stereocenters. The Morgan fingerprint density at radius 1 is 0.773 bits per heavy atom. The summed E-state index contributed by atoms with van der Waals surface area (Å²) in [4.78, 5) is 13.4. The average Bonchev–Trinajstić information content (AvgIpc) is 2.90. The lowest BCUT2D eigenvalue weighted by atomic mass is 9.59. The molecule has 2 aromatic rings. The summed E-state index contributed by atoms with van der Waals surface area (Å²) in [6.07, 6.45) is 9.50. The molecule has 0 aromatic heterocycles. The number of Topliss-reactive ketones (excluding diaryl/α,β-unsaturated/α-hetero) is 1. The Balaban J connectivity index is 2.04. The van der Waals surface area contributed by atoms with Gasteiger partial charge in [0.1, 0.15) is 0 Å². The second-order valence-electron chi connectivity index (χ2n) is 6.09. The summed E-state index contributed by atoms with van der Waals surface area (Å²) >= 11 is 0. The molecule has 1 nitrogen and oxygen atoms in total. The summed E-state index contributed by atoms with van der Waals surface area (Å²) in [5, 5.41) is 0. The van der Waals surface area contributed by atoms with E-state index in [1.54, 1.807) is 0 Å². The maximum atomic E-state index is 13.4. The van der Waals surface area contributed by atoms with E-state index in [-0.39, 0.29) is 11.8 Å². The van der Waals surface area contributed by atoms with Crippen molar-refractivity contribution < 1.29 is 4.79 Å².